The number of benzene rings is 1. The first-order valence-corrected chi connectivity index (χ1v) is 10.7. The summed E-state index contributed by atoms with van der Waals surface area (Å²) < 4.78 is 8.35. The van der Waals surface area contributed by atoms with Crippen molar-refractivity contribution in [3.63, 3.8) is 0 Å². The molecular weight excluding hydrogens is 400 g/mol. The normalized spacial score (nSPS) is 18.2. The van der Waals surface area contributed by atoms with Gasteiger partial charge in [0.25, 0.3) is 0 Å². The number of hydrogen-bond acceptors (Lipinski definition) is 4. The van der Waals surface area contributed by atoms with Crippen molar-refractivity contribution in [2.24, 2.45) is 0 Å². The number of carbonyl (C=O) groups excluding carboxylic acids is 1. The number of hydrogen-bond donors (Lipinski definition) is 0. The molecule has 1 aliphatic carbocycles. The molecule has 1 fully saturated rings. The first-order chi connectivity index (χ1) is 14.5. The van der Waals surface area contributed by atoms with E-state index in [0.29, 0.717) is 16.9 Å². The van der Waals surface area contributed by atoms with E-state index in [0.717, 1.165) is 41.0 Å². The van der Waals surface area contributed by atoms with Crippen LogP contribution in [0, 0.1) is 0 Å². The van der Waals surface area contributed by atoms with Crippen LogP contribution in [0.15, 0.2) is 42.9 Å². The largest absolute Gasteiger partial charge is 0.438 e. The van der Waals surface area contributed by atoms with Gasteiger partial charge in [-0.1, -0.05) is 11.6 Å². The fourth-order valence-corrected chi connectivity index (χ4v) is 4.28. The van der Waals surface area contributed by atoms with E-state index in [4.69, 9.17) is 16.3 Å². The third kappa shape index (κ3) is 3.45. The number of nitrogens with zero attached hydrogens (tertiary/aromatic N) is 4. The number of anilines is 1. The van der Waals surface area contributed by atoms with Gasteiger partial charge in [-0.15, -0.1) is 0 Å². The minimum absolute atomic E-state index is 0.0355. The van der Waals surface area contributed by atoms with Crippen molar-refractivity contribution in [2.75, 3.05) is 4.90 Å². The van der Waals surface area contributed by atoms with Gasteiger partial charge in [0.1, 0.15) is 5.75 Å². The highest BCUT2D eigenvalue weighted by Gasteiger charge is 2.31. The lowest BCUT2D eigenvalue weighted by molar-refractivity contribution is -0.117. The van der Waals surface area contributed by atoms with Crippen LogP contribution in [0.25, 0.3) is 11.1 Å². The van der Waals surface area contributed by atoms with Gasteiger partial charge in [0.05, 0.1) is 22.9 Å². The molecule has 7 heteroatoms. The fourth-order valence-electron chi connectivity index (χ4n) is 4.17. The second-order valence-corrected chi connectivity index (χ2v) is 8.51. The van der Waals surface area contributed by atoms with Crippen LogP contribution in [0.5, 0.6) is 11.6 Å². The van der Waals surface area contributed by atoms with Crippen molar-refractivity contribution in [1.82, 2.24) is 14.8 Å². The summed E-state index contributed by atoms with van der Waals surface area (Å²) in [5.41, 5.74) is 3.89. The molecule has 6 nitrogen and oxygen atoms in total. The summed E-state index contributed by atoms with van der Waals surface area (Å²) >= 11 is 5.99. The highest BCUT2D eigenvalue weighted by atomic mass is 35.5. The van der Waals surface area contributed by atoms with Crippen LogP contribution >= 0.6 is 11.6 Å². The van der Waals surface area contributed by atoms with Crippen molar-refractivity contribution in [3.8, 4) is 22.8 Å². The van der Waals surface area contributed by atoms with Gasteiger partial charge in [-0.3, -0.25) is 9.48 Å². The van der Waals surface area contributed by atoms with Crippen molar-refractivity contribution in [1.29, 1.82) is 0 Å². The second-order valence-electron chi connectivity index (χ2n) is 8.07. The molecule has 1 aromatic carbocycles. The summed E-state index contributed by atoms with van der Waals surface area (Å²) in [6.45, 7) is 3.69. The van der Waals surface area contributed by atoms with Gasteiger partial charge in [0.2, 0.25) is 11.8 Å². The summed E-state index contributed by atoms with van der Waals surface area (Å²) in [6.07, 6.45) is 9.59. The molecule has 0 spiro atoms. The van der Waals surface area contributed by atoms with Crippen LogP contribution in [0.2, 0.25) is 5.02 Å². The van der Waals surface area contributed by atoms with Crippen molar-refractivity contribution < 1.29 is 9.53 Å². The maximum Gasteiger partial charge on any atom is 0.224 e. The minimum Gasteiger partial charge on any atom is -0.438 e. The Kier molecular flexibility index (Phi) is 4.74. The number of pyridine rings is 1. The van der Waals surface area contributed by atoms with Crippen LogP contribution < -0.4 is 9.64 Å². The Morgan fingerprint density at radius 3 is 2.70 bits per heavy atom. The Bertz CT molecular complexity index is 1100. The Labute approximate surface area is 180 Å². The Balaban J connectivity index is 1.64. The molecular formula is C23H23ClN4O2. The maximum atomic E-state index is 12.4. The van der Waals surface area contributed by atoms with Crippen LogP contribution in [0.3, 0.4) is 0 Å². The van der Waals surface area contributed by atoms with E-state index >= 15 is 0 Å². The maximum absolute atomic E-state index is 12.4. The van der Waals surface area contributed by atoms with Gasteiger partial charge in [0.15, 0.2) is 0 Å². The molecule has 0 radical (unpaired) electrons. The van der Waals surface area contributed by atoms with Crippen LogP contribution in [0.1, 0.15) is 44.7 Å². The molecule has 1 amide bonds. The highest BCUT2D eigenvalue weighted by Crippen LogP contribution is 2.45. The lowest BCUT2D eigenvalue weighted by Crippen LogP contribution is -2.40. The molecule has 3 aromatic rings. The zero-order valence-electron chi connectivity index (χ0n) is 17.0. The predicted octanol–water partition coefficient (Wildman–Crippen LogP) is 5.41. The summed E-state index contributed by atoms with van der Waals surface area (Å²) in [7, 11) is 0. The molecule has 1 saturated carbocycles. The Morgan fingerprint density at radius 1 is 1.17 bits per heavy atom. The molecule has 1 aliphatic heterocycles. The third-order valence-corrected chi connectivity index (χ3v) is 6.05. The topological polar surface area (TPSA) is 60.2 Å². The summed E-state index contributed by atoms with van der Waals surface area (Å²) in [6, 6.07) is 8.22. The Morgan fingerprint density at radius 2 is 2.00 bits per heavy atom. The van der Waals surface area contributed by atoms with Crippen molar-refractivity contribution >= 4 is 23.2 Å². The number of ether oxygens (including phenoxy) is 1. The van der Waals surface area contributed by atoms with Gasteiger partial charge in [-0.25, -0.2) is 4.98 Å². The summed E-state index contributed by atoms with van der Waals surface area (Å²) in [5.74, 6) is 1.24. The monoisotopic (exact) mass is 422 g/mol. The SMILES string of the molecule is CC(=O)N1c2ccc(-c3cnn(C4CC4)c3)c(Oc3ccc(Cl)cn3)c2CCC1C. The molecule has 2 aliphatic rings. The average molecular weight is 423 g/mol. The van der Waals surface area contributed by atoms with Crippen LogP contribution in [-0.4, -0.2) is 26.7 Å². The van der Waals surface area contributed by atoms with E-state index in [-0.39, 0.29) is 11.9 Å². The highest BCUT2D eigenvalue weighted by molar-refractivity contribution is 6.30. The van der Waals surface area contributed by atoms with E-state index in [1.165, 1.54) is 12.8 Å². The summed E-state index contributed by atoms with van der Waals surface area (Å²) in [5, 5.41) is 5.10. The van der Waals surface area contributed by atoms with Crippen molar-refractivity contribution in [2.45, 2.75) is 51.6 Å². The van der Waals surface area contributed by atoms with Crippen LogP contribution in [0.4, 0.5) is 5.69 Å². The summed E-state index contributed by atoms with van der Waals surface area (Å²) in [4.78, 5) is 18.5. The molecule has 1 unspecified atom stereocenters. The van der Waals surface area contributed by atoms with Crippen LogP contribution in [-0.2, 0) is 11.2 Å². The van der Waals surface area contributed by atoms with Gasteiger partial charge in [0, 0.05) is 48.1 Å². The second kappa shape index (κ2) is 7.43. The molecule has 30 heavy (non-hydrogen) atoms. The van der Waals surface area contributed by atoms with Gasteiger partial charge in [-0.05, 0) is 50.8 Å². The van der Waals surface area contributed by atoms with E-state index in [1.807, 2.05) is 27.9 Å². The zero-order valence-corrected chi connectivity index (χ0v) is 17.8. The third-order valence-electron chi connectivity index (χ3n) is 5.83. The lowest BCUT2D eigenvalue weighted by Gasteiger charge is -2.35. The van der Waals surface area contributed by atoms with E-state index in [9.17, 15) is 4.79 Å². The van der Waals surface area contributed by atoms with E-state index in [1.54, 1.807) is 25.3 Å². The van der Waals surface area contributed by atoms with Gasteiger partial charge < -0.3 is 9.64 Å². The number of rotatable bonds is 4. The smallest absolute Gasteiger partial charge is 0.224 e. The average Bonchev–Trinajstić information content (AvgIpc) is 3.46. The van der Waals surface area contributed by atoms with E-state index < -0.39 is 0 Å². The first kappa shape index (κ1) is 19.1. The number of fused-ring (bicyclic) bond motifs is 1. The molecule has 3 heterocycles. The quantitative estimate of drug-likeness (QED) is 0.563. The Hall–Kier alpha value is -2.86. The first-order valence-electron chi connectivity index (χ1n) is 10.3. The molecule has 1 atom stereocenters. The minimum atomic E-state index is 0.0355. The predicted molar refractivity (Wildman–Crippen MR) is 116 cm³/mol. The molecule has 154 valence electrons. The van der Waals surface area contributed by atoms with Gasteiger partial charge in [-0.2, -0.15) is 5.10 Å². The molecule has 0 bridgehead atoms. The molecule has 5 rings (SSSR count). The number of aromatic nitrogens is 3. The van der Waals surface area contributed by atoms with Crippen molar-refractivity contribution in [3.05, 3.63) is 53.4 Å². The standard InChI is InChI=1S/C23H23ClN4O2/c1-14-3-7-20-21(28(14)15(2)29)9-8-19(16-11-26-27(13-16)18-5-6-18)23(20)30-22-10-4-17(24)12-25-22/h4,8-14,18H,3,5-7H2,1-2H3. The number of halogens is 1. The number of carbonyl (C=O) groups is 1. The molecule has 0 saturated heterocycles. The number of amides is 1. The van der Waals surface area contributed by atoms with Gasteiger partial charge >= 0.3 is 0 Å². The molecule has 0 N–H and O–H groups in total. The zero-order chi connectivity index (χ0) is 20.8. The lowest BCUT2D eigenvalue weighted by atomic mass is 9.92. The fraction of sp³-hybridized carbons (Fsp3) is 0.348. The molecule has 2 aromatic heterocycles. The van der Waals surface area contributed by atoms with E-state index in [2.05, 4.69) is 23.2 Å².